The maximum atomic E-state index is 4.45. The van der Waals surface area contributed by atoms with Crippen molar-refractivity contribution in [3.8, 4) is 0 Å². The van der Waals surface area contributed by atoms with Crippen LogP contribution in [0.25, 0.3) is 0 Å². The highest BCUT2D eigenvalue weighted by Gasteiger charge is 2.13. The van der Waals surface area contributed by atoms with Gasteiger partial charge in [-0.25, -0.2) is 4.98 Å². The minimum absolute atomic E-state index is 0.420. The fourth-order valence-corrected chi connectivity index (χ4v) is 2.63. The lowest BCUT2D eigenvalue weighted by molar-refractivity contribution is 0.574. The van der Waals surface area contributed by atoms with E-state index in [4.69, 9.17) is 0 Å². The molecule has 1 aliphatic heterocycles. The largest absolute Gasteiger partial charge is 0.360 e. The third kappa shape index (κ3) is 3.15. The van der Waals surface area contributed by atoms with Crippen molar-refractivity contribution in [3.63, 3.8) is 0 Å². The summed E-state index contributed by atoms with van der Waals surface area (Å²) in [5, 5.41) is 7.81. The lowest BCUT2D eigenvalue weighted by Crippen LogP contribution is -2.24. The zero-order valence-corrected chi connectivity index (χ0v) is 10.8. The van der Waals surface area contributed by atoms with Crippen LogP contribution in [-0.4, -0.2) is 28.5 Å². The monoisotopic (exact) mass is 240 g/mol. The first-order chi connectivity index (χ1) is 7.75. The topological polar surface area (TPSA) is 49.8 Å². The summed E-state index contributed by atoms with van der Waals surface area (Å²) in [5.74, 6) is 1.37. The van der Waals surface area contributed by atoms with Crippen molar-refractivity contribution in [1.82, 2.24) is 14.7 Å². The molecule has 0 bridgehead atoms. The Labute approximate surface area is 101 Å². The molecule has 5 heteroatoms. The first kappa shape index (κ1) is 11.8. The molecule has 1 saturated heterocycles. The summed E-state index contributed by atoms with van der Waals surface area (Å²) in [5.41, 5.74) is 0. The van der Waals surface area contributed by atoms with Crippen LogP contribution >= 0.6 is 11.5 Å². The normalized spacial score (nSPS) is 20.6. The van der Waals surface area contributed by atoms with Crippen LogP contribution in [0.15, 0.2) is 0 Å². The Balaban J connectivity index is 1.72. The number of anilines is 1. The molecule has 2 rings (SSSR count). The molecule has 0 spiro atoms. The Morgan fingerprint density at radius 1 is 1.56 bits per heavy atom. The number of nitrogens with one attached hydrogen (secondary N) is 2. The number of rotatable bonds is 5. The van der Waals surface area contributed by atoms with Crippen LogP contribution in [0.2, 0.25) is 0 Å². The Morgan fingerprint density at radius 2 is 2.44 bits per heavy atom. The number of aromatic nitrogens is 2. The maximum absolute atomic E-state index is 4.45. The molecule has 1 aromatic heterocycles. The Hall–Kier alpha value is -0.680. The highest BCUT2D eigenvalue weighted by Crippen LogP contribution is 2.17. The number of nitrogens with zero attached hydrogens (tertiary/aromatic N) is 2. The van der Waals surface area contributed by atoms with Crippen LogP contribution < -0.4 is 10.6 Å². The molecule has 1 fully saturated rings. The van der Waals surface area contributed by atoms with Crippen molar-refractivity contribution in [1.29, 1.82) is 0 Å². The molecule has 0 amide bonds. The number of hydrogen-bond donors (Lipinski definition) is 2. The van der Waals surface area contributed by atoms with E-state index in [1.54, 1.807) is 0 Å². The molecule has 0 aliphatic carbocycles. The Bertz CT molecular complexity index is 318. The van der Waals surface area contributed by atoms with E-state index >= 15 is 0 Å². The summed E-state index contributed by atoms with van der Waals surface area (Å²) in [7, 11) is 0. The highest BCUT2D eigenvalue weighted by atomic mass is 32.1. The van der Waals surface area contributed by atoms with E-state index < -0.39 is 0 Å². The van der Waals surface area contributed by atoms with E-state index in [1.807, 2.05) is 0 Å². The van der Waals surface area contributed by atoms with Crippen molar-refractivity contribution in [2.75, 3.05) is 18.4 Å². The first-order valence-electron chi connectivity index (χ1n) is 6.06. The van der Waals surface area contributed by atoms with Crippen molar-refractivity contribution in [2.45, 2.75) is 45.1 Å². The molecular formula is C11H20N4S. The molecule has 0 aromatic carbocycles. The maximum Gasteiger partial charge on any atom is 0.202 e. The predicted molar refractivity (Wildman–Crippen MR) is 68.1 cm³/mol. The summed E-state index contributed by atoms with van der Waals surface area (Å²) in [6.07, 6.45) is 3.81. The van der Waals surface area contributed by atoms with Crippen LogP contribution in [-0.2, 0) is 0 Å². The standard InChI is InChI=1S/C11H20N4S/c1-8(2)10-14-11(16-15-10)13-7-5-9-4-3-6-12-9/h8-9,12H,3-7H2,1-2H3,(H,13,14,15). The van der Waals surface area contributed by atoms with E-state index in [9.17, 15) is 0 Å². The van der Waals surface area contributed by atoms with Crippen LogP contribution in [0, 0.1) is 0 Å². The van der Waals surface area contributed by atoms with Crippen LogP contribution in [0.5, 0.6) is 0 Å². The van der Waals surface area contributed by atoms with Gasteiger partial charge >= 0.3 is 0 Å². The van der Waals surface area contributed by atoms with Gasteiger partial charge in [-0.05, 0) is 25.8 Å². The SMILES string of the molecule is CC(C)c1nsc(NCCC2CCCN2)n1. The first-order valence-corrected chi connectivity index (χ1v) is 6.84. The molecule has 4 nitrogen and oxygen atoms in total. The lowest BCUT2D eigenvalue weighted by Gasteiger charge is -2.09. The van der Waals surface area contributed by atoms with E-state index in [1.165, 1.54) is 37.3 Å². The second-order valence-electron chi connectivity index (χ2n) is 4.62. The molecule has 16 heavy (non-hydrogen) atoms. The van der Waals surface area contributed by atoms with Crippen LogP contribution in [0.1, 0.15) is 44.9 Å². The summed E-state index contributed by atoms with van der Waals surface area (Å²) in [4.78, 5) is 4.45. The molecule has 90 valence electrons. The molecule has 1 aromatic rings. The lowest BCUT2D eigenvalue weighted by atomic mass is 10.2. The summed E-state index contributed by atoms with van der Waals surface area (Å²) in [6.45, 7) is 6.41. The summed E-state index contributed by atoms with van der Waals surface area (Å²) in [6, 6.07) is 0.699. The molecule has 1 aliphatic rings. The van der Waals surface area contributed by atoms with Gasteiger partial charge in [-0.3, -0.25) is 0 Å². The van der Waals surface area contributed by atoms with E-state index in [-0.39, 0.29) is 0 Å². The highest BCUT2D eigenvalue weighted by molar-refractivity contribution is 7.09. The molecule has 0 saturated carbocycles. The minimum atomic E-state index is 0.420. The Morgan fingerprint density at radius 3 is 3.06 bits per heavy atom. The fraction of sp³-hybridized carbons (Fsp3) is 0.818. The van der Waals surface area contributed by atoms with Gasteiger partial charge in [0.1, 0.15) is 5.82 Å². The summed E-state index contributed by atoms with van der Waals surface area (Å²) >= 11 is 1.47. The van der Waals surface area contributed by atoms with Gasteiger partial charge in [-0.2, -0.15) is 4.37 Å². The minimum Gasteiger partial charge on any atom is -0.360 e. The number of hydrogen-bond acceptors (Lipinski definition) is 5. The van der Waals surface area contributed by atoms with Gasteiger partial charge in [-0.1, -0.05) is 13.8 Å². The third-order valence-electron chi connectivity index (χ3n) is 2.89. The van der Waals surface area contributed by atoms with Gasteiger partial charge in [0.2, 0.25) is 5.13 Å². The smallest absolute Gasteiger partial charge is 0.202 e. The molecular weight excluding hydrogens is 220 g/mol. The molecule has 2 N–H and O–H groups in total. The van der Waals surface area contributed by atoms with Crippen LogP contribution in [0.3, 0.4) is 0 Å². The molecule has 2 heterocycles. The molecule has 0 radical (unpaired) electrons. The van der Waals surface area contributed by atoms with E-state index in [2.05, 4.69) is 33.8 Å². The zero-order valence-electron chi connectivity index (χ0n) is 9.99. The van der Waals surface area contributed by atoms with Crippen LogP contribution in [0.4, 0.5) is 5.13 Å². The summed E-state index contributed by atoms with van der Waals surface area (Å²) < 4.78 is 4.32. The van der Waals surface area contributed by atoms with Crippen molar-refractivity contribution >= 4 is 16.7 Å². The molecule has 1 atom stereocenters. The Kier molecular flexibility index (Phi) is 4.12. The fourth-order valence-electron chi connectivity index (χ4n) is 1.90. The van der Waals surface area contributed by atoms with Crippen molar-refractivity contribution < 1.29 is 0 Å². The van der Waals surface area contributed by atoms with Gasteiger partial charge < -0.3 is 10.6 Å². The zero-order chi connectivity index (χ0) is 11.4. The average Bonchev–Trinajstić information content (AvgIpc) is 2.87. The quantitative estimate of drug-likeness (QED) is 0.828. The van der Waals surface area contributed by atoms with E-state index in [0.717, 1.165) is 17.5 Å². The predicted octanol–water partition coefficient (Wildman–Crippen LogP) is 2.22. The van der Waals surface area contributed by atoms with Gasteiger partial charge in [0, 0.05) is 30.0 Å². The molecule has 1 unspecified atom stereocenters. The van der Waals surface area contributed by atoms with Gasteiger partial charge in [0.05, 0.1) is 0 Å². The van der Waals surface area contributed by atoms with Gasteiger partial charge in [-0.15, -0.1) is 0 Å². The third-order valence-corrected chi connectivity index (χ3v) is 3.58. The second kappa shape index (κ2) is 5.59. The average molecular weight is 240 g/mol. The van der Waals surface area contributed by atoms with Crippen molar-refractivity contribution in [2.24, 2.45) is 0 Å². The van der Waals surface area contributed by atoms with Gasteiger partial charge in [0.15, 0.2) is 0 Å². The van der Waals surface area contributed by atoms with Crippen molar-refractivity contribution in [3.05, 3.63) is 5.82 Å². The van der Waals surface area contributed by atoms with E-state index in [0.29, 0.717) is 12.0 Å². The second-order valence-corrected chi connectivity index (χ2v) is 5.37. The van der Waals surface area contributed by atoms with Gasteiger partial charge in [0.25, 0.3) is 0 Å².